The molecular formula is C23H37ClN4O2S. The molecule has 2 N–H and O–H groups in total. The van der Waals surface area contributed by atoms with Gasteiger partial charge in [-0.2, -0.15) is 0 Å². The van der Waals surface area contributed by atoms with Gasteiger partial charge in [-0.3, -0.25) is 0 Å². The van der Waals surface area contributed by atoms with E-state index in [0.717, 1.165) is 48.8 Å². The molecule has 5 rings (SSSR count). The third kappa shape index (κ3) is 6.75. The van der Waals surface area contributed by atoms with Gasteiger partial charge in [0.25, 0.3) is 0 Å². The highest BCUT2D eigenvalue weighted by molar-refractivity contribution is 7.19. The van der Waals surface area contributed by atoms with Crippen molar-refractivity contribution in [1.29, 1.82) is 0 Å². The quantitative estimate of drug-likeness (QED) is 0.561. The Kier molecular flexibility index (Phi) is 9.34. The highest BCUT2D eigenvalue weighted by atomic mass is 35.5. The molecule has 1 aliphatic carbocycles. The summed E-state index contributed by atoms with van der Waals surface area (Å²) in [5, 5.41) is 8.31. The normalized spacial score (nSPS) is 20.7. The molecule has 1 saturated carbocycles. The van der Waals surface area contributed by atoms with Gasteiger partial charge in [0.2, 0.25) is 5.28 Å². The van der Waals surface area contributed by atoms with E-state index in [4.69, 9.17) is 21.1 Å². The summed E-state index contributed by atoms with van der Waals surface area (Å²) in [5.41, 5.74) is 1.21. The Hall–Kier alpha value is -0.990. The highest BCUT2D eigenvalue weighted by Gasteiger charge is 2.31. The molecule has 1 saturated heterocycles. The van der Waals surface area contributed by atoms with Crippen molar-refractivity contribution in [2.75, 3.05) is 31.6 Å². The lowest BCUT2D eigenvalue weighted by atomic mass is 9.93. The number of aromatic nitrogens is 2. The second kappa shape index (κ2) is 11.8. The van der Waals surface area contributed by atoms with E-state index in [0.29, 0.717) is 17.9 Å². The zero-order chi connectivity index (χ0) is 22.3. The number of thiophene rings is 1. The van der Waals surface area contributed by atoms with Gasteiger partial charge < -0.3 is 20.1 Å². The molecule has 0 bridgehead atoms. The van der Waals surface area contributed by atoms with Gasteiger partial charge in [-0.25, -0.2) is 9.97 Å². The third-order valence-corrected chi connectivity index (χ3v) is 6.96. The number of hydrogen-bond donors (Lipinski definition) is 2. The standard InChI is InChI=1S/C17H22ClN3OS.C4H9NO.C2H6/c1-17(2)8-11-12(9-22-17)23-15-13(11)14(20-16(18)21-15)19-10-6-4-3-5-7-10;1-3-6-4-2-5-1;1-2/h10H,3-9H2,1-2H3,(H,19,20,21);5H,1-4H2;1-2H3. The molecule has 8 heteroatoms. The molecule has 0 amide bonds. The van der Waals surface area contributed by atoms with Crippen LogP contribution in [-0.2, 0) is 22.5 Å². The number of rotatable bonds is 2. The number of morpholine rings is 1. The second-order valence-corrected chi connectivity index (χ2v) is 10.0. The first-order valence-corrected chi connectivity index (χ1v) is 12.9. The first kappa shape index (κ1) is 24.6. The monoisotopic (exact) mass is 468 g/mol. The zero-order valence-electron chi connectivity index (χ0n) is 19.4. The van der Waals surface area contributed by atoms with E-state index >= 15 is 0 Å². The van der Waals surface area contributed by atoms with Gasteiger partial charge in [0.1, 0.15) is 10.6 Å². The maximum atomic E-state index is 6.17. The lowest BCUT2D eigenvalue weighted by Gasteiger charge is -2.30. The molecule has 0 atom stereocenters. The summed E-state index contributed by atoms with van der Waals surface area (Å²) in [6, 6.07) is 0.501. The summed E-state index contributed by atoms with van der Waals surface area (Å²) >= 11 is 7.86. The summed E-state index contributed by atoms with van der Waals surface area (Å²) < 4.78 is 11.0. The van der Waals surface area contributed by atoms with Crippen LogP contribution in [0, 0.1) is 0 Å². The molecule has 6 nitrogen and oxygen atoms in total. The molecule has 0 unspecified atom stereocenters. The van der Waals surface area contributed by atoms with Crippen molar-refractivity contribution in [3.63, 3.8) is 0 Å². The van der Waals surface area contributed by atoms with Crippen LogP contribution in [0.1, 0.15) is 70.2 Å². The minimum atomic E-state index is -0.136. The smallest absolute Gasteiger partial charge is 0.225 e. The summed E-state index contributed by atoms with van der Waals surface area (Å²) in [4.78, 5) is 11.2. The fourth-order valence-corrected chi connectivity index (χ4v) is 5.50. The lowest BCUT2D eigenvalue weighted by molar-refractivity contribution is -0.0379. The summed E-state index contributed by atoms with van der Waals surface area (Å²) in [7, 11) is 0. The van der Waals surface area contributed by atoms with Gasteiger partial charge in [0.15, 0.2) is 0 Å². The zero-order valence-corrected chi connectivity index (χ0v) is 20.9. The fraction of sp³-hybridized carbons (Fsp3) is 0.739. The van der Waals surface area contributed by atoms with Crippen LogP contribution in [0.25, 0.3) is 10.2 Å². The predicted molar refractivity (Wildman–Crippen MR) is 131 cm³/mol. The van der Waals surface area contributed by atoms with Crippen molar-refractivity contribution in [2.24, 2.45) is 0 Å². The Labute approximate surface area is 195 Å². The Bertz CT molecular complexity index is 821. The Balaban J connectivity index is 0.000000291. The second-order valence-electron chi connectivity index (χ2n) is 8.59. The van der Waals surface area contributed by atoms with Crippen LogP contribution in [0.2, 0.25) is 5.28 Å². The fourth-order valence-electron chi connectivity index (χ4n) is 4.18. The van der Waals surface area contributed by atoms with Gasteiger partial charge in [0.05, 0.1) is 30.8 Å². The Morgan fingerprint density at radius 1 is 1.10 bits per heavy atom. The molecule has 0 aromatic carbocycles. The van der Waals surface area contributed by atoms with Crippen molar-refractivity contribution in [1.82, 2.24) is 15.3 Å². The Morgan fingerprint density at radius 2 is 1.81 bits per heavy atom. The van der Waals surface area contributed by atoms with E-state index in [1.54, 1.807) is 11.3 Å². The average molecular weight is 469 g/mol. The topological polar surface area (TPSA) is 68.3 Å². The average Bonchev–Trinajstić information content (AvgIpc) is 3.14. The molecule has 31 heavy (non-hydrogen) atoms. The van der Waals surface area contributed by atoms with Gasteiger partial charge in [-0.15, -0.1) is 11.3 Å². The molecule has 2 aromatic rings. The minimum absolute atomic E-state index is 0.136. The molecule has 3 aliphatic rings. The first-order valence-electron chi connectivity index (χ1n) is 11.7. The molecule has 0 spiro atoms. The number of nitrogens with zero attached hydrogens (tertiary/aromatic N) is 2. The predicted octanol–water partition coefficient (Wildman–Crippen LogP) is 5.57. The number of anilines is 1. The Morgan fingerprint density at radius 3 is 2.42 bits per heavy atom. The first-order chi connectivity index (χ1) is 15.0. The van der Waals surface area contributed by atoms with Crippen molar-refractivity contribution in [3.8, 4) is 0 Å². The van der Waals surface area contributed by atoms with Crippen LogP contribution in [0.15, 0.2) is 0 Å². The number of nitrogens with one attached hydrogen (secondary N) is 2. The van der Waals surface area contributed by atoms with Gasteiger partial charge >= 0.3 is 0 Å². The summed E-state index contributed by atoms with van der Waals surface area (Å²) in [6.07, 6.45) is 7.25. The van der Waals surface area contributed by atoms with Gasteiger partial charge in [-0.05, 0) is 43.9 Å². The molecule has 4 heterocycles. The highest BCUT2D eigenvalue weighted by Crippen LogP contribution is 2.41. The van der Waals surface area contributed by atoms with E-state index in [-0.39, 0.29) is 5.60 Å². The van der Waals surface area contributed by atoms with Crippen LogP contribution in [0.4, 0.5) is 5.82 Å². The van der Waals surface area contributed by atoms with Crippen LogP contribution in [-0.4, -0.2) is 47.9 Å². The molecule has 174 valence electrons. The number of ether oxygens (including phenoxy) is 2. The van der Waals surface area contributed by atoms with Crippen LogP contribution < -0.4 is 10.6 Å². The molecule has 2 fully saturated rings. The van der Waals surface area contributed by atoms with E-state index in [1.807, 2.05) is 13.8 Å². The van der Waals surface area contributed by atoms with Crippen molar-refractivity contribution >= 4 is 39.0 Å². The summed E-state index contributed by atoms with van der Waals surface area (Å²) in [5.74, 6) is 0.919. The van der Waals surface area contributed by atoms with E-state index in [1.165, 1.54) is 42.5 Å². The van der Waals surface area contributed by atoms with E-state index in [9.17, 15) is 0 Å². The minimum Gasteiger partial charge on any atom is -0.379 e. The van der Waals surface area contributed by atoms with Crippen molar-refractivity contribution in [3.05, 3.63) is 15.7 Å². The third-order valence-electron chi connectivity index (χ3n) is 5.70. The van der Waals surface area contributed by atoms with Crippen molar-refractivity contribution < 1.29 is 9.47 Å². The SMILES string of the molecule is C1COCCN1.CC.CC1(C)Cc2c(sc3nc(Cl)nc(NC4CCCCC4)c23)CO1. The van der Waals surface area contributed by atoms with E-state index < -0.39 is 0 Å². The number of fused-ring (bicyclic) bond motifs is 3. The summed E-state index contributed by atoms with van der Waals surface area (Å²) in [6.45, 7) is 12.8. The van der Waals surface area contributed by atoms with Gasteiger partial charge in [0, 0.05) is 30.4 Å². The van der Waals surface area contributed by atoms with Crippen LogP contribution in [0.5, 0.6) is 0 Å². The molecular weight excluding hydrogens is 432 g/mol. The molecule has 2 aromatic heterocycles. The number of hydrogen-bond acceptors (Lipinski definition) is 7. The van der Waals surface area contributed by atoms with Crippen LogP contribution in [0.3, 0.4) is 0 Å². The molecule has 2 aliphatic heterocycles. The maximum absolute atomic E-state index is 6.17. The van der Waals surface area contributed by atoms with E-state index in [2.05, 4.69) is 34.4 Å². The lowest BCUT2D eigenvalue weighted by Crippen LogP contribution is -2.31. The largest absolute Gasteiger partial charge is 0.379 e. The molecule has 0 radical (unpaired) electrons. The van der Waals surface area contributed by atoms with Crippen LogP contribution >= 0.6 is 22.9 Å². The maximum Gasteiger partial charge on any atom is 0.225 e. The number of halogens is 1. The van der Waals surface area contributed by atoms with Crippen molar-refractivity contribution in [2.45, 2.75) is 84.5 Å². The van der Waals surface area contributed by atoms with Gasteiger partial charge in [-0.1, -0.05) is 33.1 Å².